The Labute approximate surface area is 144 Å². The lowest BCUT2D eigenvalue weighted by molar-refractivity contribution is 0.102. The van der Waals surface area contributed by atoms with Crippen LogP contribution in [-0.4, -0.2) is 25.6 Å². The van der Waals surface area contributed by atoms with Crippen molar-refractivity contribution in [3.05, 3.63) is 47.3 Å². The molecule has 0 bridgehead atoms. The molecular formula is C18H23N3O2S. The molecule has 0 radical (unpaired) electrons. The van der Waals surface area contributed by atoms with Gasteiger partial charge in [-0.25, -0.2) is 0 Å². The van der Waals surface area contributed by atoms with Gasteiger partial charge in [0.15, 0.2) is 5.69 Å². The highest BCUT2D eigenvalue weighted by Gasteiger charge is 2.20. The van der Waals surface area contributed by atoms with Crippen LogP contribution in [0.2, 0.25) is 0 Å². The molecule has 0 saturated heterocycles. The number of amides is 1. The lowest BCUT2D eigenvalue weighted by Crippen LogP contribution is -2.20. The smallest absolute Gasteiger partial charge is 0.276 e. The van der Waals surface area contributed by atoms with Crippen molar-refractivity contribution in [2.75, 3.05) is 5.32 Å². The molecule has 0 spiro atoms. The SMILES string of the molecule is Cc1cc(C(=O)Nc2cccc(CS(=O)C3CCCCC3)c2)n[nH]1. The summed E-state index contributed by atoms with van der Waals surface area (Å²) in [5, 5.41) is 9.88. The monoisotopic (exact) mass is 345 g/mol. The van der Waals surface area contributed by atoms with Gasteiger partial charge in [0.25, 0.3) is 5.91 Å². The second-order valence-corrected chi connectivity index (χ2v) is 8.09. The van der Waals surface area contributed by atoms with Crippen LogP contribution >= 0.6 is 0 Å². The summed E-state index contributed by atoms with van der Waals surface area (Å²) in [6.07, 6.45) is 5.79. The van der Waals surface area contributed by atoms with Crippen molar-refractivity contribution >= 4 is 22.4 Å². The molecule has 3 rings (SSSR count). The Hall–Kier alpha value is -1.95. The molecular weight excluding hydrogens is 322 g/mol. The maximum atomic E-state index is 12.5. The van der Waals surface area contributed by atoms with E-state index >= 15 is 0 Å². The molecule has 5 nitrogen and oxygen atoms in total. The number of aromatic amines is 1. The third-order valence-electron chi connectivity index (χ3n) is 4.36. The summed E-state index contributed by atoms with van der Waals surface area (Å²) in [6.45, 7) is 1.85. The third-order valence-corrected chi connectivity index (χ3v) is 6.19. The van der Waals surface area contributed by atoms with E-state index in [9.17, 15) is 9.00 Å². The topological polar surface area (TPSA) is 74.8 Å². The molecule has 2 aromatic rings. The van der Waals surface area contributed by atoms with E-state index < -0.39 is 10.8 Å². The number of benzene rings is 1. The molecule has 1 aromatic heterocycles. The summed E-state index contributed by atoms with van der Waals surface area (Å²) in [5.74, 6) is 0.306. The van der Waals surface area contributed by atoms with E-state index in [0.717, 1.165) is 24.1 Å². The zero-order valence-electron chi connectivity index (χ0n) is 13.9. The van der Waals surface area contributed by atoms with Gasteiger partial charge < -0.3 is 5.32 Å². The fourth-order valence-corrected chi connectivity index (χ4v) is 4.68. The average molecular weight is 345 g/mol. The normalized spacial score (nSPS) is 16.7. The first-order valence-corrected chi connectivity index (χ1v) is 9.79. The van der Waals surface area contributed by atoms with E-state index in [1.54, 1.807) is 6.07 Å². The summed E-state index contributed by atoms with van der Waals surface area (Å²) < 4.78 is 12.5. The van der Waals surface area contributed by atoms with E-state index in [0.29, 0.717) is 22.4 Å². The zero-order valence-corrected chi connectivity index (χ0v) is 14.7. The second kappa shape index (κ2) is 7.75. The average Bonchev–Trinajstić information content (AvgIpc) is 3.02. The first-order valence-electron chi connectivity index (χ1n) is 8.41. The minimum Gasteiger partial charge on any atom is -0.321 e. The number of nitrogens with one attached hydrogen (secondary N) is 2. The van der Waals surface area contributed by atoms with E-state index in [2.05, 4.69) is 15.5 Å². The Balaban J connectivity index is 1.63. The number of carbonyl (C=O) groups excluding carboxylic acids is 1. The van der Waals surface area contributed by atoms with Gasteiger partial charge in [0.2, 0.25) is 0 Å². The van der Waals surface area contributed by atoms with Crippen molar-refractivity contribution in [1.82, 2.24) is 10.2 Å². The molecule has 1 aromatic carbocycles. The van der Waals surface area contributed by atoms with Crippen LogP contribution in [0, 0.1) is 6.92 Å². The minimum atomic E-state index is -0.841. The number of aromatic nitrogens is 2. The van der Waals surface area contributed by atoms with Crippen molar-refractivity contribution in [3.63, 3.8) is 0 Å². The molecule has 1 unspecified atom stereocenters. The molecule has 1 aliphatic rings. The van der Waals surface area contributed by atoms with Gasteiger partial charge in [-0.1, -0.05) is 31.4 Å². The number of aryl methyl sites for hydroxylation is 1. The summed E-state index contributed by atoms with van der Waals surface area (Å²) >= 11 is 0. The highest BCUT2D eigenvalue weighted by molar-refractivity contribution is 7.84. The predicted octanol–water partition coefficient (Wildman–Crippen LogP) is 3.55. The number of carbonyl (C=O) groups is 1. The summed E-state index contributed by atoms with van der Waals surface area (Å²) in [7, 11) is -0.841. The molecule has 24 heavy (non-hydrogen) atoms. The van der Waals surface area contributed by atoms with Gasteiger partial charge >= 0.3 is 0 Å². The largest absolute Gasteiger partial charge is 0.321 e. The Morgan fingerprint density at radius 2 is 2.08 bits per heavy atom. The Bertz CT molecular complexity index is 735. The summed E-state index contributed by atoms with van der Waals surface area (Å²) in [5.41, 5.74) is 2.91. The lowest BCUT2D eigenvalue weighted by atomic mass is 10.0. The van der Waals surface area contributed by atoms with Crippen LogP contribution in [0.1, 0.15) is 53.8 Å². The number of nitrogens with zero attached hydrogens (tertiary/aromatic N) is 1. The quantitative estimate of drug-likeness (QED) is 0.870. The Morgan fingerprint density at radius 1 is 1.29 bits per heavy atom. The van der Waals surface area contributed by atoms with E-state index in [1.165, 1.54) is 19.3 Å². The highest BCUT2D eigenvalue weighted by Crippen LogP contribution is 2.24. The molecule has 1 atom stereocenters. The van der Waals surface area contributed by atoms with E-state index in [1.807, 2.05) is 31.2 Å². The molecule has 2 N–H and O–H groups in total. The van der Waals surface area contributed by atoms with Gasteiger partial charge in [-0.05, 0) is 43.5 Å². The van der Waals surface area contributed by atoms with Crippen LogP contribution in [0.4, 0.5) is 5.69 Å². The van der Waals surface area contributed by atoms with Crippen LogP contribution < -0.4 is 5.32 Å². The number of hydrogen-bond donors (Lipinski definition) is 2. The zero-order chi connectivity index (χ0) is 16.9. The Kier molecular flexibility index (Phi) is 5.45. The number of H-pyrrole nitrogens is 1. The molecule has 1 fully saturated rings. The standard InChI is InChI=1S/C18H23N3O2S/c1-13-10-17(21-20-13)18(22)19-15-7-5-6-14(11-15)12-24(23)16-8-3-2-4-9-16/h5-7,10-11,16H,2-4,8-9,12H2,1H3,(H,19,22)(H,20,21). The lowest BCUT2D eigenvalue weighted by Gasteiger charge is -2.21. The Morgan fingerprint density at radius 3 is 2.79 bits per heavy atom. The van der Waals surface area contributed by atoms with Crippen molar-refractivity contribution in [2.24, 2.45) is 0 Å². The first kappa shape index (κ1) is 16.9. The maximum Gasteiger partial charge on any atom is 0.276 e. The van der Waals surface area contributed by atoms with Gasteiger partial charge in [0.05, 0.1) is 0 Å². The van der Waals surface area contributed by atoms with Crippen LogP contribution in [0.15, 0.2) is 30.3 Å². The predicted molar refractivity (Wildman–Crippen MR) is 96.4 cm³/mol. The maximum absolute atomic E-state index is 12.5. The molecule has 128 valence electrons. The van der Waals surface area contributed by atoms with Gasteiger partial charge in [-0.3, -0.25) is 14.1 Å². The summed E-state index contributed by atoms with van der Waals surface area (Å²) in [4.78, 5) is 12.2. The van der Waals surface area contributed by atoms with Crippen LogP contribution in [-0.2, 0) is 16.6 Å². The molecule has 6 heteroatoms. The molecule has 1 aliphatic carbocycles. The number of hydrogen-bond acceptors (Lipinski definition) is 3. The number of anilines is 1. The van der Waals surface area contributed by atoms with E-state index in [4.69, 9.17) is 0 Å². The highest BCUT2D eigenvalue weighted by atomic mass is 32.2. The molecule has 0 aliphatic heterocycles. The molecule has 1 amide bonds. The van der Waals surface area contributed by atoms with Crippen molar-refractivity contribution in [1.29, 1.82) is 0 Å². The van der Waals surface area contributed by atoms with Gasteiger partial charge in [0.1, 0.15) is 0 Å². The summed E-state index contributed by atoms with van der Waals surface area (Å²) in [6, 6.07) is 9.30. The number of rotatable bonds is 5. The first-order chi connectivity index (χ1) is 11.6. The van der Waals surface area contributed by atoms with Crippen LogP contribution in [0.5, 0.6) is 0 Å². The van der Waals surface area contributed by atoms with Gasteiger partial charge in [0, 0.05) is 33.2 Å². The fraction of sp³-hybridized carbons (Fsp3) is 0.444. The van der Waals surface area contributed by atoms with Crippen molar-refractivity contribution < 1.29 is 9.00 Å². The second-order valence-electron chi connectivity index (χ2n) is 6.38. The van der Waals surface area contributed by atoms with Crippen molar-refractivity contribution in [2.45, 2.75) is 50.0 Å². The van der Waals surface area contributed by atoms with Gasteiger partial charge in [-0.15, -0.1) is 0 Å². The van der Waals surface area contributed by atoms with Gasteiger partial charge in [-0.2, -0.15) is 5.10 Å². The minimum absolute atomic E-state index is 0.245. The third kappa shape index (κ3) is 4.32. The molecule has 1 heterocycles. The molecule has 1 saturated carbocycles. The van der Waals surface area contributed by atoms with Crippen LogP contribution in [0.25, 0.3) is 0 Å². The van der Waals surface area contributed by atoms with Crippen molar-refractivity contribution in [3.8, 4) is 0 Å². The fourth-order valence-electron chi connectivity index (χ4n) is 3.08. The van der Waals surface area contributed by atoms with Crippen LogP contribution in [0.3, 0.4) is 0 Å². The van der Waals surface area contributed by atoms with E-state index in [-0.39, 0.29) is 5.91 Å².